The molecule has 1 heterocycles. The first kappa shape index (κ1) is 14.8. The zero-order chi connectivity index (χ0) is 14.0. The van der Waals surface area contributed by atoms with Crippen molar-refractivity contribution in [3.63, 3.8) is 0 Å². The minimum absolute atomic E-state index is 0.180. The molecular formula is C15H17Br2NO. The van der Waals surface area contributed by atoms with Crippen LogP contribution in [-0.4, -0.2) is 0 Å². The van der Waals surface area contributed by atoms with Crippen LogP contribution in [0.4, 0.5) is 0 Å². The number of nitrogens with one attached hydrogen (secondary N) is 1. The van der Waals surface area contributed by atoms with E-state index in [0.29, 0.717) is 0 Å². The number of halogens is 2. The largest absolute Gasteiger partial charge is 0.465 e. The van der Waals surface area contributed by atoms with Crippen LogP contribution in [0.3, 0.4) is 0 Å². The lowest BCUT2D eigenvalue weighted by Gasteiger charge is -2.20. The average molecular weight is 387 g/mol. The second kappa shape index (κ2) is 6.25. The van der Waals surface area contributed by atoms with Crippen LogP contribution in [0.5, 0.6) is 0 Å². The Bertz CT molecular complexity index is 565. The molecule has 0 saturated heterocycles. The van der Waals surface area contributed by atoms with Gasteiger partial charge in [0.25, 0.3) is 0 Å². The fraction of sp³-hybridized carbons (Fsp3) is 0.333. The summed E-state index contributed by atoms with van der Waals surface area (Å²) in [6, 6.07) is 10.7. The molecule has 0 spiro atoms. The molecule has 2 nitrogen and oxygen atoms in total. The minimum atomic E-state index is 0.180. The van der Waals surface area contributed by atoms with E-state index in [1.807, 2.05) is 19.1 Å². The van der Waals surface area contributed by atoms with Crippen molar-refractivity contribution in [1.29, 1.82) is 0 Å². The van der Waals surface area contributed by atoms with E-state index >= 15 is 0 Å². The Morgan fingerprint density at radius 1 is 1.05 bits per heavy atom. The summed E-state index contributed by atoms with van der Waals surface area (Å²) in [4.78, 5) is 0. The molecule has 0 radical (unpaired) electrons. The van der Waals surface area contributed by atoms with Crippen molar-refractivity contribution < 1.29 is 4.42 Å². The van der Waals surface area contributed by atoms with Crippen molar-refractivity contribution in [2.75, 3.05) is 0 Å². The van der Waals surface area contributed by atoms with Gasteiger partial charge in [0.2, 0.25) is 0 Å². The average Bonchev–Trinajstić information content (AvgIpc) is 2.75. The van der Waals surface area contributed by atoms with E-state index < -0.39 is 0 Å². The summed E-state index contributed by atoms with van der Waals surface area (Å²) in [6.45, 7) is 6.23. The summed E-state index contributed by atoms with van der Waals surface area (Å²) in [7, 11) is 0. The van der Waals surface area contributed by atoms with Gasteiger partial charge in [-0.05, 0) is 50.6 Å². The summed E-state index contributed by atoms with van der Waals surface area (Å²) >= 11 is 7.07. The number of hydrogen-bond donors (Lipinski definition) is 1. The molecule has 0 fully saturated rings. The lowest BCUT2D eigenvalue weighted by Crippen LogP contribution is -2.22. The molecule has 0 saturated carbocycles. The number of rotatable bonds is 4. The summed E-state index contributed by atoms with van der Waals surface area (Å²) in [5, 5.41) is 3.55. The zero-order valence-electron chi connectivity index (χ0n) is 11.2. The quantitative estimate of drug-likeness (QED) is 0.747. The lowest BCUT2D eigenvalue weighted by atomic mass is 10.1. The van der Waals surface area contributed by atoms with Crippen LogP contribution in [0, 0.1) is 6.92 Å². The van der Waals surface area contributed by atoms with E-state index in [1.165, 1.54) is 5.56 Å². The van der Waals surface area contributed by atoms with Crippen LogP contribution in [0.2, 0.25) is 0 Å². The normalized spacial score (nSPS) is 14.4. The van der Waals surface area contributed by atoms with Gasteiger partial charge in [0.05, 0.1) is 6.04 Å². The van der Waals surface area contributed by atoms with Crippen molar-refractivity contribution in [3.05, 3.63) is 56.4 Å². The Kier molecular flexibility index (Phi) is 4.87. The number of aryl methyl sites for hydroxylation is 1. The van der Waals surface area contributed by atoms with Crippen LogP contribution < -0.4 is 5.32 Å². The van der Waals surface area contributed by atoms with E-state index in [9.17, 15) is 0 Å². The minimum Gasteiger partial charge on any atom is -0.465 e. The molecule has 2 unspecified atom stereocenters. The van der Waals surface area contributed by atoms with E-state index in [2.05, 4.69) is 69.2 Å². The van der Waals surface area contributed by atoms with Crippen LogP contribution >= 0.6 is 31.9 Å². The predicted molar refractivity (Wildman–Crippen MR) is 85.3 cm³/mol. The summed E-state index contributed by atoms with van der Waals surface area (Å²) in [5.41, 5.74) is 1.23. The van der Waals surface area contributed by atoms with Crippen LogP contribution in [-0.2, 0) is 0 Å². The fourth-order valence-electron chi connectivity index (χ4n) is 2.09. The zero-order valence-corrected chi connectivity index (χ0v) is 14.4. The van der Waals surface area contributed by atoms with Gasteiger partial charge in [-0.1, -0.05) is 37.9 Å². The van der Waals surface area contributed by atoms with Gasteiger partial charge >= 0.3 is 0 Å². The second-order valence-electron chi connectivity index (χ2n) is 4.72. The highest BCUT2D eigenvalue weighted by molar-refractivity contribution is 9.11. The molecular weight excluding hydrogens is 370 g/mol. The molecule has 102 valence electrons. The van der Waals surface area contributed by atoms with Gasteiger partial charge in [-0.3, -0.25) is 0 Å². The molecule has 0 bridgehead atoms. The monoisotopic (exact) mass is 385 g/mol. The molecule has 2 aromatic rings. The first-order valence-electron chi connectivity index (χ1n) is 6.24. The number of benzene rings is 1. The van der Waals surface area contributed by atoms with Crippen LogP contribution in [0.25, 0.3) is 0 Å². The fourth-order valence-corrected chi connectivity index (χ4v) is 3.48. The maximum atomic E-state index is 5.65. The Balaban J connectivity index is 2.10. The third-order valence-electron chi connectivity index (χ3n) is 3.12. The van der Waals surface area contributed by atoms with E-state index in [4.69, 9.17) is 4.42 Å². The summed E-state index contributed by atoms with van der Waals surface area (Å²) in [5.74, 6) is 1.92. The van der Waals surface area contributed by atoms with Crippen LogP contribution in [0.1, 0.15) is 43.0 Å². The van der Waals surface area contributed by atoms with Gasteiger partial charge in [0.15, 0.2) is 0 Å². The highest BCUT2D eigenvalue weighted by atomic mass is 79.9. The van der Waals surface area contributed by atoms with E-state index in [1.54, 1.807) is 0 Å². The molecule has 2 rings (SSSR count). The first-order valence-corrected chi connectivity index (χ1v) is 7.83. The molecule has 1 aromatic heterocycles. The first-order chi connectivity index (χ1) is 8.97. The Hall–Kier alpha value is -0.580. The molecule has 0 aliphatic rings. The van der Waals surface area contributed by atoms with Gasteiger partial charge in [-0.2, -0.15) is 0 Å². The van der Waals surface area contributed by atoms with E-state index in [0.717, 1.165) is 20.5 Å². The third-order valence-corrected chi connectivity index (χ3v) is 4.30. The highest BCUT2D eigenvalue weighted by Gasteiger charge is 2.15. The molecule has 4 heteroatoms. The number of hydrogen-bond acceptors (Lipinski definition) is 2. The second-order valence-corrected chi connectivity index (χ2v) is 6.49. The Labute approximate surface area is 130 Å². The molecule has 0 aliphatic heterocycles. The van der Waals surface area contributed by atoms with Gasteiger partial charge < -0.3 is 9.73 Å². The predicted octanol–water partition coefficient (Wildman–Crippen LogP) is 5.52. The van der Waals surface area contributed by atoms with Crippen molar-refractivity contribution >= 4 is 31.9 Å². The van der Waals surface area contributed by atoms with Crippen molar-refractivity contribution in [2.24, 2.45) is 0 Å². The molecule has 2 atom stereocenters. The van der Waals surface area contributed by atoms with Gasteiger partial charge in [0.1, 0.15) is 11.5 Å². The Morgan fingerprint density at radius 3 is 2.37 bits per heavy atom. The maximum absolute atomic E-state index is 5.65. The summed E-state index contributed by atoms with van der Waals surface area (Å²) in [6.07, 6.45) is 0. The molecule has 0 amide bonds. The summed E-state index contributed by atoms with van der Waals surface area (Å²) < 4.78 is 7.83. The third kappa shape index (κ3) is 3.71. The smallest absolute Gasteiger partial charge is 0.120 e. The lowest BCUT2D eigenvalue weighted by molar-refractivity contribution is 0.392. The topological polar surface area (TPSA) is 25.2 Å². The van der Waals surface area contributed by atoms with Gasteiger partial charge in [0, 0.05) is 15.0 Å². The van der Waals surface area contributed by atoms with Crippen molar-refractivity contribution in [3.8, 4) is 0 Å². The van der Waals surface area contributed by atoms with Gasteiger partial charge in [-0.15, -0.1) is 0 Å². The van der Waals surface area contributed by atoms with Crippen molar-refractivity contribution in [1.82, 2.24) is 5.32 Å². The highest BCUT2D eigenvalue weighted by Crippen LogP contribution is 2.28. The van der Waals surface area contributed by atoms with Crippen LogP contribution in [0.15, 0.2) is 43.7 Å². The van der Waals surface area contributed by atoms with Gasteiger partial charge in [-0.25, -0.2) is 0 Å². The van der Waals surface area contributed by atoms with Crippen molar-refractivity contribution in [2.45, 2.75) is 32.9 Å². The SMILES string of the molecule is Cc1ccc(C(C)NC(C)c2ccc(Br)cc2Br)o1. The molecule has 19 heavy (non-hydrogen) atoms. The maximum Gasteiger partial charge on any atom is 0.120 e. The standard InChI is InChI=1S/C15H17Br2NO/c1-9-4-7-15(19-9)11(3)18-10(2)13-6-5-12(16)8-14(13)17/h4-8,10-11,18H,1-3H3. The Morgan fingerprint density at radius 2 is 1.79 bits per heavy atom. The molecule has 1 N–H and O–H groups in total. The molecule has 1 aromatic carbocycles. The van der Waals surface area contributed by atoms with E-state index in [-0.39, 0.29) is 12.1 Å². The number of furan rings is 1. The molecule has 0 aliphatic carbocycles.